The number of nitrogens with zero attached hydrogens (tertiary/aromatic N) is 2. The van der Waals surface area contributed by atoms with Crippen LogP contribution in [-0.2, 0) is 6.54 Å². The van der Waals surface area contributed by atoms with Crippen LogP contribution in [0.2, 0.25) is 0 Å². The van der Waals surface area contributed by atoms with E-state index in [0.29, 0.717) is 0 Å². The molecule has 2 heteroatoms. The standard InChI is InChI=1S/C25H22N2/c1-2-27-24-11-7-6-10-22(24)16-19-25(27)26-23-17-14-21(15-18-23)13-12-20-8-4-3-5-9-20/h3-19H,2H2,1H3/b13-12+,26-25?. The van der Waals surface area contributed by atoms with Gasteiger partial charge in [0.1, 0.15) is 5.49 Å². The van der Waals surface area contributed by atoms with E-state index in [-0.39, 0.29) is 0 Å². The second-order valence-corrected chi connectivity index (χ2v) is 6.44. The Morgan fingerprint density at radius 3 is 2.11 bits per heavy atom. The van der Waals surface area contributed by atoms with Crippen LogP contribution in [0.25, 0.3) is 23.1 Å². The first-order valence-corrected chi connectivity index (χ1v) is 9.30. The van der Waals surface area contributed by atoms with Crippen molar-refractivity contribution in [3.63, 3.8) is 0 Å². The maximum atomic E-state index is 4.86. The lowest BCUT2D eigenvalue weighted by atomic mass is 10.1. The summed E-state index contributed by atoms with van der Waals surface area (Å²) in [5.41, 5.74) is 5.52. The molecule has 0 aliphatic rings. The zero-order valence-electron chi connectivity index (χ0n) is 15.4. The van der Waals surface area contributed by atoms with Crippen LogP contribution in [0.3, 0.4) is 0 Å². The predicted molar refractivity (Wildman–Crippen MR) is 115 cm³/mol. The van der Waals surface area contributed by atoms with Gasteiger partial charge in [-0.15, -0.1) is 0 Å². The largest absolute Gasteiger partial charge is 0.326 e. The molecule has 0 unspecified atom stereocenters. The Morgan fingerprint density at radius 2 is 1.37 bits per heavy atom. The van der Waals surface area contributed by atoms with Crippen molar-refractivity contribution >= 4 is 28.7 Å². The first-order chi connectivity index (χ1) is 13.3. The first kappa shape index (κ1) is 17.0. The third-order valence-corrected chi connectivity index (χ3v) is 4.64. The van der Waals surface area contributed by atoms with Crippen molar-refractivity contribution in [1.29, 1.82) is 0 Å². The van der Waals surface area contributed by atoms with Crippen LogP contribution in [0.5, 0.6) is 0 Å². The number of rotatable bonds is 4. The lowest BCUT2D eigenvalue weighted by molar-refractivity contribution is 0.745. The summed E-state index contributed by atoms with van der Waals surface area (Å²) in [6, 6.07) is 31.3. The summed E-state index contributed by atoms with van der Waals surface area (Å²) in [5.74, 6) is 0. The lowest BCUT2D eigenvalue weighted by Crippen LogP contribution is -2.19. The number of hydrogen-bond donors (Lipinski definition) is 0. The van der Waals surface area contributed by atoms with Crippen LogP contribution in [-0.4, -0.2) is 4.57 Å². The topological polar surface area (TPSA) is 17.3 Å². The van der Waals surface area contributed by atoms with E-state index in [0.717, 1.165) is 17.7 Å². The second-order valence-electron chi connectivity index (χ2n) is 6.44. The van der Waals surface area contributed by atoms with Crippen molar-refractivity contribution in [2.24, 2.45) is 4.99 Å². The monoisotopic (exact) mass is 350 g/mol. The fourth-order valence-corrected chi connectivity index (χ4v) is 3.23. The lowest BCUT2D eigenvalue weighted by Gasteiger charge is -2.09. The van der Waals surface area contributed by atoms with Crippen LogP contribution >= 0.6 is 0 Å². The molecule has 4 aromatic rings. The van der Waals surface area contributed by atoms with Gasteiger partial charge < -0.3 is 4.57 Å². The molecule has 0 saturated heterocycles. The zero-order chi connectivity index (χ0) is 18.5. The van der Waals surface area contributed by atoms with Gasteiger partial charge in [-0.25, -0.2) is 4.99 Å². The van der Waals surface area contributed by atoms with Crippen LogP contribution in [0.4, 0.5) is 5.69 Å². The minimum Gasteiger partial charge on any atom is -0.326 e. The van der Waals surface area contributed by atoms with Gasteiger partial charge in [0.2, 0.25) is 0 Å². The molecule has 4 rings (SSSR count). The molecule has 1 heterocycles. The number of fused-ring (bicyclic) bond motifs is 1. The molecule has 0 fully saturated rings. The number of aryl methyl sites for hydroxylation is 1. The van der Waals surface area contributed by atoms with Crippen LogP contribution in [0.1, 0.15) is 18.1 Å². The number of aromatic nitrogens is 1. The highest BCUT2D eigenvalue weighted by molar-refractivity contribution is 5.78. The maximum absolute atomic E-state index is 4.86. The highest BCUT2D eigenvalue weighted by Crippen LogP contribution is 2.16. The molecule has 0 aliphatic carbocycles. The zero-order valence-corrected chi connectivity index (χ0v) is 15.4. The van der Waals surface area contributed by atoms with Gasteiger partial charge in [-0.1, -0.05) is 72.8 Å². The summed E-state index contributed by atoms with van der Waals surface area (Å²) in [6.45, 7) is 3.04. The van der Waals surface area contributed by atoms with E-state index in [9.17, 15) is 0 Å². The smallest absolute Gasteiger partial charge is 0.133 e. The first-order valence-electron chi connectivity index (χ1n) is 9.30. The average Bonchev–Trinajstić information content (AvgIpc) is 2.74. The predicted octanol–water partition coefficient (Wildman–Crippen LogP) is 6.06. The van der Waals surface area contributed by atoms with E-state index in [1.54, 1.807) is 0 Å². The quantitative estimate of drug-likeness (QED) is 0.398. The number of para-hydroxylation sites is 1. The van der Waals surface area contributed by atoms with E-state index in [4.69, 9.17) is 4.99 Å². The summed E-state index contributed by atoms with van der Waals surface area (Å²) in [5, 5.41) is 1.24. The molecule has 1 aromatic heterocycles. The Kier molecular flexibility index (Phi) is 4.97. The van der Waals surface area contributed by atoms with Crippen LogP contribution in [0.15, 0.2) is 96.0 Å². The van der Waals surface area contributed by atoms with Gasteiger partial charge in [0, 0.05) is 12.1 Å². The SMILES string of the molecule is CCn1c(=Nc2ccc(/C=C/c3ccccc3)cc2)ccc2ccccc21. The Labute approximate surface area is 159 Å². The Morgan fingerprint density at radius 1 is 0.704 bits per heavy atom. The van der Waals surface area contributed by atoms with Gasteiger partial charge in [-0.05, 0) is 53.8 Å². The van der Waals surface area contributed by atoms with Gasteiger partial charge in [-0.3, -0.25) is 0 Å². The fraction of sp³-hybridized carbons (Fsp3) is 0.0800. The molecular formula is C25H22N2. The Hall–Kier alpha value is -3.39. The van der Waals surface area contributed by atoms with Gasteiger partial charge in [0.05, 0.1) is 5.69 Å². The molecule has 0 radical (unpaired) electrons. The van der Waals surface area contributed by atoms with Crippen molar-refractivity contribution in [2.45, 2.75) is 13.5 Å². The van der Waals surface area contributed by atoms with E-state index in [1.165, 1.54) is 22.0 Å². The Balaban J connectivity index is 1.65. The van der Waals surface area contributed by atoms with Crippen LogP contribution in [0, 0.1) is 0 Å². The van der Waals surface area contributed by atoms with Crippen molar-refractivity contribution < 1.29 is 0 Å². The van der Waals surface area contributed by atoms with E-state index < -0.39 is 0 Å². The van der Waals surface area contributed by atoms with E-state index in [2.05, 4.69) is 96.4 Å². The normalized spacial score (nSPS) is 12.1. The second kappa shape index (κ2) is 7.88. The summed E-state index contributed by atoms with van der Waals surface area (Å²) >= 11 is 0. The van der Waals surface area contributed by atoms with Gasteiger partial charge >= 0.3 is 0 Å². The van der Waals surface area contributed by atoms with Crippen molar-refractivity contribution in [3.05, 3.63) is 108 Å². The summed E-state index contributed by atoms with van der Waals surface area (Å²) in [4.78, 5) is 4.86. The molecule has 3 aromatic carbocycles. The molecule has 2 nitrogen and oxygen atoms in total. The molecule has 0 saturated carbocycles. The molecule has 27 heavy (non-hydrogen) atoms. The molecular weight excluding hydrogens is 328 g/mol. The fourth-order valence-electron chi connectivity index (χ4n) is 3.23. The van der Waals surface area contributed by atoms with E-state index in [1.807, 2.05) is 18.2 Å². The van der Waals surface area contributed by atoms with Gasteiger partial charge in [0.15, 0.2) is 0 Å². The number of hydrogen-bond acceptors (Lipinski definition) is 1. The minimum absolute atomic E-state index is 0.887. The van der Waals surface area contributed by atoms with Crippen molar-refractivity contribution in [1.82, 2.24) is 4.57 Å². The molecule has 0 atom stereocenters. The third-order valence-electron chi connectivity index (χ3n) is 4.64. The molecule has 0 bridgehead atoms. The summed E-state index contributed by atoms with van der Waals surface area (Å²) in [6.07, 6.45) is 4.25. The molecule has 132 valence electrons. The molecule has 0 amide bonds. The van der Waals surface area contributed by atoms with Crippen LogP contribution < -0.4 is 5.49 Å². The van der Waals surface area contributed by atoms with Crippen molar-refractivity contribution in [2.75, 3.05) is 0 Å². The summed E-state index contributed by atoms with van der Waals surface area (Å²) < 4.78 is 2.25. The van der Waals surface area contributed by atoms with Crippen molar-refractivity contribution in [3.8, 4) is 0 Å². The Bertz CT molecular complexity index is 1130. The number of pyridine rings is 1. The maximum Gasteiger partial charge on any atom is 0.133 e. The number of benzene rings is 3. The minimum atomic E-state index is 0.887. The third kappa shape index (κ3) is 3.90. The van der Waals surface area contributed by atoms with Gasteiger partial charge in [-0.2, -0.15) is 0 Å². The average molecular weight is 350 g/mol. The molecule has 0 N–H and O–H groups in total. The molecule has 0 aliphatic heterocycles. The molecule has 0 spiro atoms. The summed E-state index contributed by atoms with van der Waals surface area (Å²) in [7, 11) is 0. The van der Waals surface area contributed by atoms with Gasteiger partial charge in [0.25, 0.3) is 0 Å². The van der Waals surface area contributed by atoms with E-state index >= 15 is 0 Å². The highest BCUT2D eigenvalue weighted by Gasteiger charge is 1.99. The highest BCUT2D eigenvalue weighted by atomic mass is 15.0.